The van der Waals surface area contributed by atoms with Crippen LogP contribution in [0.1, 0.15) is 64.3 Å². The number of nitrogens with one attached hydrogen (secondary N) is 2. The van der Waals surface area contributed by atoms with Gasteiger partial charge in [-0.05, 0) is 50.8 Å². The molecular weight excluding hydrogens is 470 g/mol. The fourth-order valence-electron chi connectivity index (χ4n) is 4.49. The number of carbonyl (C=O) groups is 2. The van der Waals surface area contributed by atoms with Gasteiger partial charge in [0, 0.05) is 4.90 Å². The summed E-state index contributed by atoms with van der Waals surface area (Å²) < 4.78 is 5.01. The number of hydrogen-bond donors (Lipinski definition) is 2. The number of aryl methyl sites for hydroxylation is 3. The van der Waals surface area contributed by atoms with Crippen LogP contribution in [0.15, 0.2) is 27.9 Å². The number of thioether (sulfide) groups is 1. The number of H-pyrrole nitrogens is 1. The summed E-state index contributed by atoms with van der Waals surface area (Å²) >= 11 is 2.81. The smallest absolute Gasteiger partial charge is 0.331 e. The zero-order valence-corrected chi connectivity index (χ0v) is 21.5. The number of fused-ring (bicyclic) bond motifs is 1. The summed E-state index contributed by atoms with van der Waals surface area (Å²) in [6, 6.07) is 6.28. The average Bonchev–Trinajstić information content (AvgIpc) is 3.16. The molecule has 7 nitrogen and oxygen atoms in total. The first-order valence-electron chi connectivity index (χ1n) is 11.4. The zero-order chi connectivity index (χ0) is 24.5. The summed E-state index contributed by atoms with van der Waals surface area (Å²) in [4.78, 5) is 48.3. The Bertz CT molecular complexity index is 1310. The molecule has 1 aliphatic carbocycles. The second kappa shape index (κ2) is 9.92. The van der Waals surface area contributed by atoms with Crippen molar-refractivity contribution in [2.24, 2.45) is 0 Å². The maximum Gasteiger partial charge on any atom is 0.331 e. The third-order valence-electron chi connectivity index (χ3n) is 6.40. The lowest BCUT2D eigenvalue weighted by atomic mass is 9.81. The fourth-order valence-corrected chi connectivity index (χ4v) is 6.58. The van der Waals surface area contributed by atoms with E-state index in [0.29, 0.717) is 45.1 Å². The van der Waals surface area contributed by atoms with E-state index in [1.807, 2.05) is 6.92 Å². The number of nitrogens with zero attached hydrogens (tertiary/aromatic N) is 1. The van der Waals surface area contributed by atoms with Gasteiger partial charge in [0.15, 0.2) is 0 Å². The van der Waals surface area contributed by atoms with Crippen molar-refractivity contribution in [1.29, 1.82) is 0 Å². The van der Waals surface area contributed by atoms with Crippen LogP contribution in [0.25, 0.3) is 10.2 Å². The molecule has 3 aromatic rings. The van der Waals surface area contributed by atoms with Gasteiger partial charge in [0.05, 0.1) is 23.1 Å². The van der Waals surface area contributed by atoms with Gasteiger partial charge in [0.1, 0.15) is 16.2 Å². The van der Waals surface area contributed by atoms with E-state index in [1.54, 1.807) is 18.7 Å². The van der Waals surface area contributed by atoms with E-state index >= 15 is 0 Å². The van der Waals surface area contributed by atoms with E-state index in [4.69, 9.17) is 4.74 Å². The molecule has 0 bridgehead atoms. The molecule has 0 spiro atoms. The van der Waals surface area contributed by atoms with Crippen LogP contribution >= 0.6 is 23.1 Å². The lowest BCUT2D eigenvalue weighted by molar-refractivity contribution is -0.149. The largest absolute Gasteiger partial charge is 0.467 e. The normalized spacial score (nSPS) is 15.3. The second-order valence-electron chi connectivity index (χ2n) is 8.90. The molecule has 180 valence electrons. The number of rotatable bonds is 6. The minimum absolute atomic E-state index is 0.255. The Labute approximate surface area is 206 Å². The number of ether oxygens (including phenoxy) is 1. The van der Waals surface area contributed by atoms with E-state index in [2.05, 4.69) is 40.4 Å². The highest BCUT2D eigenvalue weighted by Gasteiger charge is 2.42. The molecule has 0 aliphatic heterocycles. The molecule has 0 radical (unpaired) electrons. The number of thiophene rings is 1. The van der Waals surface area contributed by atoms with Crippen LogP contribution < -0.4 is 10.9 Å². The number of amides is 1. The molecule has 2 heterocycles. The van der Waals surface area contributed by atoms with E-state index < -0.39 is 11.5 Å². The Morgan fingerprint density at radius 2 is 1.94 bits per heavy atom. The van der Waals surface area contributed by atoms with E-state index in [1.165, 1.54) is 29.6 Å². The van der Waals surface area contributed by atoms with Gasteiger partial charge in [-0.15, -0.1) is 23.1 Å². The molecule has 4 rings (SSSR count). The lowest BCUT2D eigenvalue weighted by Crippen LogP contribution is -2.56. The number of benzene rings is 1. The van der Waals surface area contributed by atoms with Crippen LogP contribution in [0.5, 0.6) is 0 Å². The maximum absolute atomic E-state index is 13.3. The van der Waals surface area contributed by atoms with Crippen LogP contribution in [-0.2, 0) is 15.3 Å². The molecule has 34 heavy (non-hydrogen) atoms. The average molecular weight is 500 g/mol. The van der Waals surface area contributed by atoms with Crippen LogP contribution in [-0.4, -0.2) is 34.5 Å². The Morgan fingerprint density at radius 1 is 1.21 bits per heavy atom. The van der Waals surface area contributed by atoms with Crippen molar-refractivity contribution in [3.63, 3.8) is 0 Å². The van der Waals surface area contributed by atoms with Crippen LogP contribution in [0, 0.1) is 20.8 Å². The van der Waals surface area contributed by atoms with E-state index in [9.17, 15) is 14.4 Å². The summed E-state index contributed by atoms with van der Waals surface area (Å²) in [5.74, 6) is 0.300. The SMILES string of the molecule is COC(=O)C1(NC(=O)c2sc3nc(CSc4cc(C)ccc4C)[nH]c(=O)c3c2C)CCCCC1. The minimum Gasteiger partial charge on any atom is -0.467 e. The number of hydrogen-bond acceptors (Lipinski definition) is 7. The van der Waals surface area contributed by atoms with Crippen molar-refractivity contribution in [2.75, 3.05) is 7.11 Å². The molecule has 0 unspecified atom stereocenters. The van der Waals surface area contributed by atoms with Crippen LogP contribution in [0.2, 0.25) is 0 Å². The van der Waals surface area contributed by atoms with Crippen molar-refractivity contribution < 1.29 is 14.3 Å². The number of carbonyl (C=O) groups excluding carboxylic acids is 2. The van der Waals surface area contributed by atoms with Gasteiger partial charge in [-0.25, -0.2) is 9.78 Å². The molecule has 1 aliphatic rings. The summed E-state index contributed by atoms with van der Waals surface area (Å²) in [5, 5.41) is 3.37. The molecule has 1 fully saturated rings. The first-order chi connectivity index (χ1) is 16.2. The summed E-state index contributed by atoms with van der Waals surface area (Å²) in [5.41, 5.74) is 1.66. The number of methoxy groups -OCH3 is 1. The standard InChI is InChI=1S/C25H29N3O4S2/c1-14-8-9-15(2)17(12-14)33-13-18-26-21(29)19-16(3)20(34-23(19)27-18)22(30)28-25(24(31)32-4)10-6-5-7-11-25/h8-9,12H,5-7,10-11,13H2,1-4H3,(H,28,30)(H,26,27,29). The number of aromatic amines is 1. The maximum atomic E-state index is 13.3. The molecule has 1 amide bonds. The third kappa shape index (κ3) is 4.77. The Balaban J connectivity index is 1.61. The van der Waals surface area contributed by atoms with Crippen LogP contribution in [0.4, 0.5) is 0 Å². The number of aromatic nitrogens is 2. The van der Waals surface area contributed by atoms with Crippen molar-refractivity contribution in [3.8, 4) is 0 Å². The topological polar surface area (TPSA) is 101 Å². The Kier molecular flexibility index (Phi) is 7.14. The van der Waals surface area contributed by atoms with Crippen molar-refractivity contribution in [2.45, 2.75) is 69.1 Å². The lowest BCUT2D eigenvalue weighted by Gasteiger charge is -2.35. The highest BCUT2D eigenvalue weighted by atomic mass is 32.2. The van der Waals surface area contributed by atoms with Gasteiger partial charge < -0.3 is 15.0 Å². The Hall–Kier alpha value is -2.65. The van der Waals surface area contributed by atoms with Gasteiger partial charge in [0.2, 0.25) is 0 Å². The Morgan fingerprint density at radius 3 is 2.65 bits per heavy atom. The minimum atomic E-state index is -1.01. The van der Waals surface area contributed by atoms with Crippen molar-refractivity contribution in [3.05, 3.63) is 55.9 Å². The van der Waals surface area contributed by atoms with Gasteiger partial charge in [-0.2, -0.15) is 0 Å². The van der Waals surface area contributed by atoms with Crippen LogP contribution in [0.3, 0.4) is 0 Å². The van der Waals surface area contributed by atoms with Gasteiger partial charge >= 0.3 is 5.97 Å². The second-order valence-corrected chi connectivity index (χ2v) is 10.9. The molecular formula is C25H29N3O4S2. The zero-order valence-electron chi connectivity index (χ0n) is 19.9. The molecule has 2 N–H and O–H groups in total. The predicted octanol–water partition coefficient (Wildman–Crippen LogP) is 4.81. The summed E-state index contributed by atoms with van der Waals surface area (Å²) in [7, 11) is 1.34. The molecule has 2 aromatic heterocycles. The van der Waals surface area contributed by atoms with E-state index in [-0.39, 0.29) is 11.5 Å². The third-order valence-corrected chi connectivity index (χ3v) is 8.75. The molecule has 1 saturated carbocycles. The monoisotopic (exact) mass is 499 g/mol. The first-order valence-corrected chi connectivity index (χ1v) is 13.2. The fraction of sp³-hybridized carbons (Fsp3) is 0.440. The van der Waals surface area contributed by atoms with Crippen molar-refractivity contribution >= 4 is 45.2 Å². The highest BCUT2D eigenvalue weighted by molar-refractivity contribution is 7.98. The molecule has 0 saturated heterocycles. The van der Waals surface area contributed by atoms with Gasteiger partial charge in [0.25, 0.3) is 11.5 Å². The molecule has 0 atom stereocenters. The summed E-state index contributed by atoms with van der Waals surface area (Å²) in [6.45, 7) is 5.86. The van der Waals surface area contributed by atoms with Gasteiger partial charge in [-0.1, -0.05) is 37.0 Å². The molecule has 1 aromatic carbocycles. The molecule has 9 heteroatoms. The number of esters is 1. The quantitative estimate of drug-likeness (QED) is 0.373. The van der Waals surface area contributed by atoms with Gasteiger partial charge in [-0.3, -0.25) is 9.59 Å². The summed E-state index contributed by atoms with van der Waals surface area (Å²) in [6.07, 6.45) is 3.83. The van der Waals surface area contributed by atoms with Crippen molar-refractivity contribution in [1.82, 2.24) is 15.3 Å². The first kappa shape index (κ1) is 24.5. The predicted molar refractivity (Wildman–Crippen MR) is 136 cm³/mol. The van der Waals surface area contributed by atoms with E-state index in [0.717, 1.165) is 24.2 Å². The highest BCUT2D eigenvalue weighted by Crippen LogP contribution is 2.33.